The number of nitrogens with one attached hydrogen (secondary N) is 1. The Morgan fingerprint density at radius 2 is 2.19 bits per heavy atom. The van der Waals surface area contributed by atoms with Crippen LogP contribution < -0.4 is 5.32 Å². The summed E-state index contributed by atoms with van der Waals surface area (Å²) in [5, 5.41) is 23.8. The van der Waals surface area contributed by atoms with Crippen molar-refractivity contribution >= 4 is 11.8 Å². The maximum atomic E-state index is 10.9. The topological polar surface area (TPSA) is 75.4 Å². The third-order valence-corrected chi connectivity index (χ3v) is 3.88. The molecule has 2 unspecified atom stereocenters. The van der Waals surface area contributed by atoms with Gasteiger partial charge in [0.2, 0.25) is 0 Å². The largest absolute Gasteiger partial charge is 0.393 e. The number of nitro benzene ring substituents is 1. The average molecular weight is 290 g/mol. The lowest BCUT2D eigenvalue weighted by molar-refractivity contribution is -0.385. The van der Waals surface area contributed by atoms with E-state index in [1.807, 2.05) is 6.08 Å². The molecule has 0 aromatic heterocycles. The molecule has 1 saturated carbocycles. The molecule has 1 aliphatic carbocycles. The third kappa shape index (κ3) is 4.95. The van der Waals surface area contributed by atoms with Gasteiger partial charge in [0.1, 0.15) is 0 Å². The van der Waals surface area contributed by atoms with Crippen molar-refractivity contribution in [1.82, 2.24) is 5.32 Å². The molecule has 1 aromatic rings. The second kappa shape index (κ2) is 7.90. The van der Waals surface area contributed by atoms with E-state index >= 15 is 0 Å². The first-order valence-corrected chi connectivity index (χ1v) is 7.45. The Morgan fingerprint density at radius 3 is 2.95 bits per heavy atom. The fourth-order valence-corrected chi connectivity index (χ4v) is 2.80. The highest BCUT2D eigenvalue weighted by Crippen LogP contribution is 2.23. The monoisotopic (exact) mass is 290 g/mol. The molecule has 0 amide bonds. The number of aliphatic hydroxyl groups is 1. The Balaban J connectivity index is 1.77. The minimum Gasteiger partial charge on any atom is -0.393 e. The van der Waals surface area contributed by atoms with Crippen molar-refractivity contribution < 1.29 is 10.0 Å². The van der Waals surface area contributed by atoms with Crippen LogP contribution in [0.15, 0.2) is 30.3 Å². The standard InChI is InChI=1S/C16H22N2O3/c19-15-8-3-5-13(11-15)12-17-10-4-7-14-6-1-2-9-16(14)18(20)21/h1-2,4,6-7,9,13,15,17,19H,3,5,8,10-12H2/b7-4+. The van der Waals surface area contributed by atoms with Crippen molar-refractivity contribution in [3.63, 3.8) is 0 Å². The smallest absolute Gasteiger partial charge is 0.276 e. The van der Waals surface area contributed by atoms with E-state index in [9.17, 15) is 15.2 Å². The molecular weight excluding hydrogens is 268 g/mol. The molecule has 2 rings (SSSR count). The molecule has 0 aliphatic heterocycles. The molecule has 5 nitrogen and oxygen atoms in total. The number of hydrogen-bond donors (Lipinski definition) is 2. The lowest BCUT2D eigenvalue weighted by Crippen LogP contribution is -2.29. The van der Waals surface area contributed by atoms with E-state index < -0.39 is 0 Å². The van der Waals surface area contributed by atoms with E-state index in [1.165, 1.54) is 6.07 Å². The minimum atomic E-state index is -0.365. The molecule has 0 saturated heterocycles. The van der Waals surface area contributed by atoms with E-state index in [2.05, 4.69) is 5.32 Å². The number of nitrogens with zero attached hydrogens (tertiary/aromatic N) is 1. The zero-order valence-electron chi connectivity index (χ0n) is 12.1. The van der Waals surface area contributed by atoms with Crippen molar-refractivity contribution in [3.8, 4) is 0 Å². The molecule has 114 valence electrons. The molecule has 0 heterocycles. The average Bonchev–Trinajstić information content (AvgIpc) is 2.47. The second-order valence-electron chi connectivity index (χ2n) is 5.56. The molecule has 0 radical (unpaired) electrons. The first-order chi connectivity index (χ1) is 10.2. The Hall–Kier alpha value is -1.72. The lowest BCUT2D eigenvalue weighted by Gasteiger charge is -2.25. The molecule has 2 N–H and O–H groups in total. The Bertz CT molecular complexity index is 502. The van der Waals surface area contributed by atoms with Gasteiger partial charge in [0.05, 0.1) is 16.6 Å². The summed E-state index contributed by atoms with van der Waals surface area (Å²) < 4.78 is 0. The maximum absolute atomic E-state index is 10.9. The molecule has 1 fully saturated rings. The number of para-hydroxylation sites is 1. The number of hydrogen-bond acceptors (Lipinski definition) is 4. The molecule has 5 heteroatoms. The summed E-state index contributed by atoms with van der Waals surface area (Å²) in [6, 6.07) is 6.72. The van der Waals surface area contributed by atoms with Gasteiger partial charge in [0.25, 0.3) is 5.69 Å². The van der Waals surface area contributed by atoms with Crippen molar-refractivity contribution in [2.45, 2.75) is 31.8 Å². The molecule has 21 heavy (non-hydrogen) atoms. The van der Waals surface area contributed by atoms with Crippen molar-refractivity contribution in [1.29, 1.82) is 0 Å². The van der Waals surface area contributed by atoms with E-state index in [0.29, 0.717) is 18.0 Å². The highest BCUT2D eigenvalue weighted by atomic mass is 16.6. The van der Waals surface area contributed by atoms with Gasteiger partial charge in [-0.15, -0.1) is 0 Å². The van der Waals surface area contributed by atoms with Crippen LogP contribution in [-0.2, 0) is 0 Å². The maximum Gasteiger partial charge on any atom is 0.276 e. The van der Waals surface area contributed by atoms with Gasteiger partial charge < -0.3 is 10.4 Å². The van der Waals surface area contributed by atoms with Crippen LogP contribution in [0.1, 0.15) is 31.2 Å². The highest BCUT2D eigenvalue weighted by Gasteiger charge is 2.19. The Morgan fingerprint density at radius 1 is 1.38 bits per heavy atom. The summed E-state index contributed by atoms with van der Waals surface area (Å²) >= 11 is 0. The van der Waals surface area contributed by atoms with Gasteiger partial charge in [-0.2, -0.15) is 0 Å². The molecular formula is C16H22N2O3. The second-order valence-corrected chi connectivity index (χ2v) is 5.56. The highest BCUT2D eigenvalue weighted by molar-refractivity contribution is 5.60. The normalized spacial score (nSPS) is 22.5. The van der Waals surface area contributed by atoms with E-state index in [0.717, 1.165) is 32.2 Å². The molecule has 0 bridgehead atoms. The Labute approximate surface area is 124 Å². The van der Waals surface area contributed by atoms with Crippen LogP contribution in [0.2, 0.25) is 0 Å². The van der Waals surface area contributed by atoms with Gasteiger partial charge in [0.15, 0.2) is 0 Å². The Kier molecular flexibility index (Phi) is 5.90. The van der Waals surface area contributed by atoms with Gasteiger partial charge in [-0.3, -0.25) is 10.1 Å². The number of rotatable bonds is 6. The molecule has 2 atom stereocenters. The van der Waals surface area contributed by atoms with Crippen LogP contribution in [0.4, 0.5) is 5.69 Å². The van der Waals surface area contributed by atoms with Crippen molar-refractivity contribution in [2.24, 2.45) is 5.92 Å². The van der Waals surface area contributed by atoms with Gasteiger partial charge >= 0.3 is 0 Å². The molecule has 1 aromatic carbocycles. The van der Waals surface area contributed by atoms with Gasteiger partial charge in [-0.05, 0) is 37.8 Å². The van der Waals surface area contributed by atoms with E-state index in [-0.39, 0.29) is 16.7 Å². The van der Waals surface area contributed by atoms with Gasteiger partial charge in [-0.1, -0.05) is 30.7 Å². The van der Waals surface area contributed by atoms with Crippen LogP contribution in [0.5, 0.6) is 0 Å². The number of benzene rings is 1. The van der Waals surface area contributed by atoms with Crippen LogP contribution >= 0.6 is 0 Å². The summed E-state index contributed by atoms with van der Waals surface area (Å²) in [7, 11) is 0. The molecule has 0 spiro atoms. The number of nitro groups is 1. The summed E-state index contributed by atoms with van der Waals surface area (Å²) in [6.45, 7) is 1.57. The summed E-state index contributed by atoms with van der Waals surface area (Å²) in [4.78, 5) is 10.5. The van der Waals surface area contributed by atoms with Crippen LogP contribution in [0.25, 0.3) is 6.08 Å². The zero-order chi connectivity index (χ0) is 15.1. The summed E-state index contributed by atoms with van der Waals surface area (Å²) in [6.07, 6.45) is 7.60. The van der Waals surface area contributed by atoms with Gasteiger partial charge in [-0.25, -0.2) is 0 Å². The van der Waals surface area contributed by atoms with Gasteiger partial charge in [0, 0.05) is 12.6 Å². The first kappa shape index (κ1) is 15.7. The van der Waals surface area contributed by atoms with Crippen LogP contribution in [0.3, 0.4) is 0 Å². The van der Waals surface area contributed by atoms with Crippen LogP contribution in [0, 0.1) is 16.0 Å². The van der Waals surface area contributed by atoms with Crippen molar-refractivity contribution in [3.05, 3.63) is 46.0 Å². The van der Waals surface area contributed by atoms with Crippen LogP contribution in [-0.4, -0.2) is 29.2 Å². The predicted octanol–water partition coefficient (Wildman–Crippen LogP) is 2.75. The fourth-order valence-electron chi connectivity index (χ4n) is 2.80. The van der Waals surface area contributed by atoms with Crippen molar-refractivity contribution in [2.75, 3.05) is 13.1 Å². The summed E-state index contributed by atoms with van der Waals surface area (Å²) in [5.74, 6) is 0.535. The number of aliphatic hydroxyl groups excluding tert-OH is 1. The zero-order valence-corrected chi connectivity index (χ0v) is 12.1. The molecule has 1 aliphatic rings. The predicted molar refractivity (Wildman–Crippen MR) is 83.0 cm³/mol. The SMILES string of the molecule is O=[N+]([O-])c1ccccc1/C=C/CNCC1CCCC(O)C1. The minimum absolute atomic E-state index is 0.129. The quantitative estimate of drug-likeness (QED) is 0.480. The summed E-state index contributed by atoms with van der Waals surface area (Å²) in [5.41, 5.74) is 0.751. The lowest BCUT2D eigenvalue weighted by atomic mass is 9.87. The van der Waals surface area contributed by atoms with E-state index in [1.54, 1.807) is 24.3 Å². The van der Waals surface area contributed by atoms with E-state index in [4.69, 9.17) is 0 Å². The third-order valence-electron chi connectivity index (χ3n) is 3.88. The first-order valence-electron chi connectivity index (χ1n) is 7.45. The fraction of sp³-hybridized carbons (Fsp3) is 0.500.